The van der Waals surface area contributed by atoms with Crippen LogP contribution in [0.15, 0.2) is 84.9 Å². The predicted octanol–water partition coefficient (Wildman–Crippen LogP) is 6.61. The summed E-state index contributed by atoms with van der Waals surface area (Å²) in [7, 11) is 0. The van der Waals surface area contributed by atoms with Gasteiger partial charge in [0.05, 0.1) is 6.42 Å². The van der Waals surface area contributed by atoms with Gasteiger partial charge in [-0.05, 0) is 42.9 Å². The highest BCUT2D eigenvalue weighted by atomic mass is 35.5. The smallest absolute Gasteiger partial charge is 0.227 e. The lowest BCUT2D eigenvalue weighted by Gasteiger charge is -2.47. The van der Waals surface area contributed by atoms with Gasteiger partial charge in [0, 0.05) is 42.6 Å². The van der Waals surface area contributed by atoms with Gasteiger partial charge in [0.25, 0.3) is 0 Å². The highest BCUT2D eigenvalue weighted by Gasteiger charge is 2.55. The molecule has 6 heteroatoms. The molecular formula is C34H42ClFN2O2. The van der Waals surface area contributed by atoms with Crippen molar-refractivity contribution in [3.63, 3.8) is 0 Å². The molecule has 1 saturated carbocycles. The molecule has 0 radical (unpaired) electrons. The fourth-order valence-corrected chi connectivity index (χ4v) is 6.74. The predicted molar refractivity (Wildman–Crippen MR) is 162 cm³/mol. The molecule has 1 N–H and O–H groups in total. The maximum atomic E-state index is 15.6. The Bertz CT molecular complexity index is 1200. The molecule has 1 amide bonds. The third kappa shape index (κ3) is 6.21. The van der Waals surface area contributed by atoms with Crippen LogP contribution in [0.25, 0.3) is 0 Å². The van der Waals surface area contributed by atoms with E-state index in [0.717, 1.165) is 24.3 Å². The van der Waals surface area contributed by atoms with E-state index in [1.807, 2.05) is 48.2 Å². The number of nitrogens with one attached hydrogen (secondary N) is 1. The van der Waals surface area contributed by atoms with Crippen LogP contribution < -0.4 is 10.1 Å². The van der Waals surface area contributed by atoms with Crippen molar-refractivity contribution in [2.45, 2.75) is 63.8 Å². The van der Waals surface area contributed by atoms with Gasteiger partial charge in [-0.15, -0.1) is 12.4 Å². The van der Waals surface area contributed by atoms with Gasteiger partial charge < -0.3 is 15.0 Å². The number of halogens is 2. The number of ether oxygens (including phenoxy) is 1. The molecule has 3 aromatic carbocycles. The zero-order chi connectivity index (χ0) is 27.4. The lowest BCUT2D eigenvalue weighted by Crippen LogP contribution is -2.47. The minimum Gasteiger partial charge on any atom is -0.489 e. The number of amides is 1. The van der Waals surface area contributed by atoms with Gasteiger partial charge in [-0.25, -0.2) is 4.39 Å². The highest BCUT2D eigenvalue weighted by molar-refractivity contribution is 5.85. The van der Waals surface area contributed by atoms with Crippen LogP contribution in [-0.4, -0.2) is 48.8 Å². The summed E-state index contributed by atoms with van der Waals surface area (Å²) < 4.78 is 21.8. The molecule has 2 aliphatic rings. The minimum atomic E-state index is -0.904. The van der Waals surface area contributed by atoms with Gasteiger partial charge in [0.2, 0.25) is 5.91 Å². The van der Waals surface area contributed by atoms with E-state index >= 15 is 4.39 Å². The summed E-state index contributed by atoms with van der Waals surface area (Å²) in [5, 5.41) is 3.40. The van der Waals surface area contributed by atoms with E-state index in [-0.39, 0.29) is 48.1 Å². The molecule has 1 heterocycles. The number of carbonyl (C=O) groups excluding carboxylic acids is 1. The van der Waals surface area contributed by atoms with Crippen LogP contribution in [0.2, 0.25) is 0 Å². The Balaban J connectivity index is 0.00000370. The van der Waals surface area contributed by atoms with Crippen molar-refractivity contribution in [2.24, 2.45) is 11.8 Å². The van der Waals surface area contributed by atoms with E-state index in [1.54, 1.807) is 0 Å². The summed E-state index contributed by atoms with van der Waals surface area (Å²) in [5.74, 6) is 0.614. The number of nitrogens with zero attached hydrogens (tertiary/aromatic N) is 1. The molecule has 0 bridgehead atoms. The van der Waals surface area contributed by atoms with Gasteiger partial charge >= 0.3 is 0 Å². The third-order valence-corrected chi connectivity index (χ3v) is 8.66. The normalized spacial score (nSPS) is 22.3. The van der Waals surface area contributed by atoms with Crippen molar-refractivity contribution in [1.82, 2.24) is 10.2 Å². The Kier molecular flexibility index (Phi) is 9.91. The van der Waals surface area contributed by atoms with Crippen molar-refractivity contribution in [2.75, 3.05) is 19.6 Å². The second kappa shape index (κ2) is 13.2. The molecular weight excluding hydrogens is 523 g/mol. The molecule has 40 heavy (non-hydrogen) atoms. The van der Waals surface area contributed by atoms with E-state index < -0.39 is 6.17 Å². The van der Waals surface area contributed by atoms with Crippen molar-refractivity contribution < 1.29 is 13.9 Å². The van der Waals surface area contributed by atoms with E-state index in [4.69, 9.17) is 4.74 Å². The molecule has 4 atom stereocenters. The number of hydrogen-bond acceptors (Lipinski definition) is 3. The summed E-state index contributed by atoms with van der Waals surface area (Å²) in [4.78, 5) is 15.6. The number of rotatable bonds is 9. The van der Waals surface area contributed by atoms with Gasteiger partial charge in [-0.3, -0.25) is 4.79 Å². The quantitative estimate of drug-likeness (QED) is 0.318. The highest BCUT2D eigenvalue weighted by Crippen LogP contribution is 2.54. The molecule has 5 rings (SSSR count). The first-order valence-electron chi connectivity index (χ1n) is 14.4. The summed E-state index contributed by atoms with van der Waals surface area (Å²) in [6.45, 7) is 8.01. The molecule has 1 aliphatic carbocycles. The largest absolute Gasteiger partial charge is 0.489 e. The number of alkyl halides is 1. The van der Waals surface area contributed by atoms with Crippen LogP contribution in [0.4, 0.5) is 4.39 Å². The first-order valence-corrected chi connectivity index (χ1v) is 14.4. The van der Waals surface area contributed by atoms with Gasteiger partial charge in [-0.2, -0.15) is 0 Å². The van der Waals surface area contributed by atoms with E-state index in [9.17, 15) is 4.79 Å². The summed E-state index contributed by atoms with van der Waals surface area (Å²) in [6, 6.07) is 29.2. The van der Waals surface area contributed by atoms with Gasteiger partial charge in [0.15, 0.2) is 0 Å². The average Bonchev–Trinajstić information content (AvgIpc) is 3.42. The second-order valence-electron chi connectivity index (χ2n) is 11.6. The molecule has 0 spiro atoms. The Morgan fingerprint density at radius 2 is 1.55 bits per heavy atom. The minimum absolute atomic E-state index is 0. The van der Waals surface area contributed by atoms with E-state index in [0.29, 0.717) is 25.6 Å². The monoisotopic (exact) mass is 564 g/mol. The Morgan fingerprint density at radius 3 is 2.17 bits per heavy atom. The van der Waals surface area contributed by atoms with Crippen molar-refractivity contribution in [1.29, 1.82) is 0 Å². The number of benzene rings is 3. The van der Waals surface area contributed by atoms with Crippen LogP contribution in [0.3, 0.4) is 0 Å². The molecule has 2 fully saturated rings. The maximum absolute atomic E-state index is 15.6. The number of para-hydroxylation sites is 1. The fourth-order valence-electron chi connectivity index (χ4n) is 6.74. The lowest BCUT2D eigenvalue weighted by atomic mass is 9.56. The third-order valence-electron chi connectivity index (χ3n) is 8.66. The van der Waals surface area contributed by atoms with Crippen LogP contribution >= 0.6 is 12.4 Å². The molecule has 1 unspecified atom stereocenters. The molecule has 4 nitrogen and oxygen atoms in total. The zero-order valence-electron chi connectivity index (χ0n) is 23.8. The summed E-state index contributed by atoms with van der Waals surface area (Å²) >= 11 is 0. The van der Waals surface area contributed by atoms with Gasteiger partial charge in [-0.1, -0.05) is 92.7 Å². The zero-order valence-corrected chi connectivity index (χ0v) is 24.6. The van der Waals surface area contributed by atoms with Crippen LogP contribution in [0.5, 0.6) is 5.75 Å². The Hall–Kier alpha value is -2.89. The van der Waals surface area contributed by atoms with Gasteiger partial charge in [0.1, 0.15) is 18.0 Å². The standard InChI is InChI=1S/C34H41FN2O2.ClH/c1-24(2)36-21-25(3)39-32-17-11-10-12-26(32)20-33(38)37-22-29-30(23-37)34(19-18-31(29)35,27-13-6-4-7-14-27)28-15-8-5-9-16-28;/h4-17,24-25,29-31,36H,18-23H2,1-3H3;1H/t25?,29-,30+,31+;/m0./s1. The number of carbonyl (C=O) groups is 1. The van der Waals surface area contributed by atoms with Crippen LogP contribution in [0, 0.1) is 11.8 Å². The summed E-state index contributed by atoms with van der Waals surface area (Å²) in [6.07, 6.45) is 0.568. The number of fused-ring (bicyclic) bond motifs is 1. The molecule has 3 aromatic rings. The number of likely N-dealkylation sites (tertiary alicyclic amines) is 1. The maximum Gasteiger partial charge on any atom is 0.227 e. The van der Waals surface area contributed by atoms with E-state index in [2.05, 4.69) is 67.7 Å². The summed E-state index contributed by atoms with van der Waals surface area (Å²) in [5.41, 5.74) is 3.00. The van der Waals surface area contributed by atoms with E-state index in [1.165, 1.54) is 11.1 Å². The molecule has 0 aromatic heterocycles. The Morgan fingerprint density at radius 1 is 0.950 bits per heavy atom. The number of hydrogen-bond donors (Lipinski definition) is 1. The lowest BCUT2D eigenvalue weighted by molar-refractivity contribution is -0.129. The fraction of sp³-hybridized carbons (Fsp3) is 0.441. The first-order chi connectivity index (χ1) is 18.9. The van der Waals surface area contributed by atoms with Crippen LogP contribution in [-0.2, 0) is 16.6 Å². The topological polar surface area (TPSA) is 41.6 Å². The van der Waals surface area contributed by atoms with Crippen molar-refractivity contribution in [3.8, 4) is 5.75 Å². The second-order valence-corrected chi connectivity index (χ2v) is 11.6. The molecule has 1 aliphatic heterocycles. The molecule has 214 valence electrons. The van der Waals surface area contributed by atoms with Crippen LogP contribution in [0.1, 0.15) is 50.3 Å². The SMILES string of the molecule is CC(C)NCC(C)Oc1ccccc1CC(=O)N1C[C@@H]2[C@H](F)CCC(c3ccccc3)(c3ccccc3)[C@@H]2C1.Cl. The first kappa shape index (κ1) is 30.1. The average molecular weight is 565 g/mol. The van der Waals surface area contributed by atoms with Crippen molar-refractivity contribution >= 4 is 18.3 Å². The van der Waals surface area contributed by atoms with Crippen molar-refractivity contribution in [3.05, 3.63) is 102 Å². The molecule has 1 saturated heterocycles. The Labute approximate surface area is 244 Å².